The van der Waals surface area contributed by atoms with Gasteiger partial charge in [0.05, 0.1) is 11.4 Å². The van der Waals surface area contributed by atoms with Gasteiger partial charge in [0.25, 0.3) is 0 Å². The summed E-state index contributed by atoms with van der Waals surface area (Å²) in [6.45, 7) is 2.17. The molecule has 0 saturated carbocycles. The third kappa shape index (κ3) is 4.64. The van der Waals surface area contributed by atoms with Gasteiger partial charge in [-0.25, -0.2) is 13.1 Å². The van der Waals surface area contributed by atoms with Crippen LogP contribution in [0.2, 0.25) is 5.02 Å². The van der Waals surface area contributed by atoms with E-state index < -0.39 is 10.0 Å². The fourth-order valence-electron chi connectivity index (χ4n) is 1.18. The Bertz CT molecular complexity index is 500. The number of hydrogen-bond acceptors (Lipinski definition) is 3. The molecule has 0 aliphatic rings. The summed E-state index contributed by atoms with van der Waals surface area (Å²) in [6, 6.07) is 5.73. The van der Waals surface area contributed by atoms with Crippen molar-refractivity contribution >= 4 is 27.5 Å². The zero-order valence-electron chi connectivity index (χ0n) is 9.94. The summed E-state index contributed by atoms with van der Waals surface area (Å²) in [5, 5.41) is 3.03. The quantitative estimate of drug-likeness (QED) is 0.825. The van der Waals surface area contributed by atoms with Crippen LogP contribution in [0.5, 0.6) is 0 Å². The lowest BCUT2D eigenvalue weighted by Gasteiger charge is -2.07. The monoisotopic (exact) mass is 290 g/mol. The predicted octanol–water partition coefficient (Wildman–Crippen LogP) is 1.14. The fourth-order valence-corrected chi connectivity index (χ4v) is 2.29. The van der Waals surface area contributed by atoms with Gasteiger partial charge in [-0.2, -0.15) is 0 Å². The van der Waals surface area contributed by atoms with Gasteiger partial charge in [-0.05, 0) is 30.7 Å². The highest BCUT2D eigenvalue weighted by molar-refractivity contribution is 7.89. The molecular formula is C11H15ClN2O3S. The molecule has 1 aromatic rings. The van der Waals surface area contributed by atoms with Crippen LogP contribution in [0.4, 0.5) is 0 Å². The van der Waals surface area contributed by atoms with Crippen LogP contribution in [0, 0.1) is 0 Å². The van der Waals surface area contributed by atoms with Gasteiger partial charge in [0, 0.05) is 11.6 Å². The first kappa shape index (κ1) is 14.9. The zero-order chi connectivity index (χ0) is 13.6. The highest BCUT2D eigenvalue weighted by atomic mass is 35.5. The molecule has 5 nitrogen and oxygen atoms in total. The van der Waals surface area contributed by atoms with E-state index in [1.807, 2.05) is 6.92 Å². The van der Waals surface area contributed by atoms with Crippen molar-refractivity contribution in [3.05, 3.63) is 29.3 Å². The molecule has 0 spiro atoms. The molecule has 0 bridgehead atoms. The molecule has 1 aromatic carbocycles. The van der Waals surface area contributed by atoms with Gasteiger partial charge in [0.15, 0.2) is 0 Å². The van der Waals surface area contributed by atoms with Crippen molar-refractivity contribution in [2.45, 2.75) is 18.2 Å². The van der Waals surface area contributed by atoms with Crippen LogP contribution in [0.25, 0.3) is 0 Å². The maximum absolute atomic E-state index is 11.8. The molecule has 0 radical (unpaired) electrons. The SMILES string of the molecule is CCCNC(=O)CNS(=O)(=O)c1ccc(Cl)cc1. The molecule has 7 heteroatoms. The minimum Gasteiger partial charge on any atom is -0.355 e. The number of halogens is 1. The van der Waals surface area contributed by atoms with E-state index in [9.17, 15) is 13.2 Å². The Balaban J connectivity index is 2.60. The molecule has 0 atom stereocenters. The van der Waals surface area contributed by atoms with Crippen LogP contribution in [0.3, 0.4) is 0 Å². The minimum atomic E-state index is -3.67. The van der Waals surface area contributed by atoms with E-state index in [2.05, 4.69) is 10.0 Å². The first-order chi connectivity index (χ1) is 8.45. The average Bonchev–Trinajstić information content (AvgIpc) is 2.34. The van der Waals surface area contributed by atoms with Gasteiger partial charge >= 0.3 is 0 Å². The Morgan fingerprint density at radius 2 is 1.89 bits per heavy atom. The molecule has 0 aromatic heterocycles. The number of carbonyl (C=O) groups is 1. The third-order valence-corrected chi connectivity index (χ3v) is 3.79. The number of benzene rings is 1. The lowest BCUT2D eigenvalue weighted by atomic mass is 10.4. The van der Waals surface area contributed by atoms with Gasteiger partial charge in [-0.3, -0.25) is 4.79 Å². The molecule has 18 heavy (non-hydrogen) atoms. The number of nitrogens with one attached hydrogen (secondary N) is 2. The first-order valence-electron chi connectivity index (χ1n) is 5.47. The first-order valence-corrected chi connectivity index (χ1v) is 7.33. The van der Waals surface area contributed by atoms with Crippen molar-refractivity contribution in [1.82, 2.24) is 10.0 Å². The molecule has 2 N–H and O–H groups in total. The smallest absolute Gasteiger partial charge is 0.241 e. The Morgan fingerprint density at radius 3 is 2.44 bits per heavy atom. The van der Waals surface area contributed by atoms with Gasteiger partial charge < -0.3 is 5.32 Å². The Hall–Kier alpha value is -1.11. The third-order valence-electron chi connectivity index (χ3n) is 2.12. The van der Waals surface area contributed by atoms with E-state index in [-0.39, 0.29) is 17.3 Å². The molecule has 100 valence electrons. The van der Waals surface area contributed by atoms with Crippen LogP contribution in [0.15, 0.2) is 29.2 Å². The van der Waals surface area contributed by atoms with Gasteiger partial charge in [0.1, 0.15) is 0 Å². The minimum absolute atomic E-state index is 0.0789. The van der Waals surface area contributed by atoms with Gasteiger partial charge in [-0.1, -0.05) is 18.5 Å². The fraction of sp³-hybridized carbons (Fsp3) is 0.364. The van der Waals surface area contributed by atoms with Crippen LogP contribution in [-0.4, -0.2) is 27.4 Å². The second-order valence-corrected chi connectivity index (χ2v) is 5.83. The van der Waals surface area contributed by atoms with Crippen molar-refractivity contribution in [2.75, 3.05) is 13.1 Å². The summed E-state index contributed by atoms with van der Waals surface area (Å²) in [5.41, 5.74) is 0. The van der Waals surface area contributed by atoms with Gasteiger partial charge in [0.2, 0.25) is 15.9 Å². The normalized spacial score (nSPS) is 11.2. The summed E-state index contributed by atoms with van der Waals surface area (Å²) in [7, 11) is -3.67. The number of carbonyl (C=O) groups excluding carboxylic acids is 1. The topological polar surface area (TPSA) is 75.3 Å². The molecule has 1 amide bonds. The second kappa shape index (κ2) is 6.72. The number of sulfonamides is 1. The maximum atomic E-state index is 11.8. The average molecular weight is 291 g/mol. The number of hydrogen-bond donors (Lipinski definition) is 2. The summed E-state index contributed by atoms with van der Waals surface area (Å²) in [6.07, 6.45) is 0.801. The van der Waals surface area contributed by atoms with E-state index in [0.717, 1.165) is 6.42 Å². The summed E-state index contributed by atoms with van der Waals surface area (Å²) < 4.78 is 25.8. The van der Waals surface area contributed by atoms with E-state index in [1.165, 1.54) is 24.3 Å². The molecule has 0 unspecified atom stereocenters. The van der Waals surface area contributed by atoms with Crippen molar-refractivity contribution in [3.8, 4) is 0 Å². The van der Waals surface area contributed by atoms with Gasteiger partial charge in [-0.15, -0.1) is 0 Å². The molecule has 0 fully saturated rings. The largest absolute Gasteiger partial charge is 0.355 e. The Morgan fingerprint density at radius 1 is 1.28 bits per heavy atom. The maximum Gasteiger partial charge on any atom is 0.241 e. The van der Waals surface area contributed by atoms with Crippen LogP contribution < -0.4 is 10.0 Å². The molecule has 1 rings (SSSR count). The van der Waals surface area contributed by atoms with E-state index >= 15 is 0 Å². The summed E-state index contributed by atoms with van der Waals surface area (Å²) >= 11 is 5.67. The van der Waals surface area contributed by atoms with Crippen molar-refractivity contribution in [2.24, 2.45) is 0 Å². The lowest BCUT2D eigenvalue weighted by molar-refractivity contribution is -0.119. The van der Waals surface area contributed by atoms with E-state index in [4.69, 9.17) is 11.6 Å². The van der Waals surface area contributed by atoms with Crippen LogP contribution in [0.1, 0.15) is 13.3 Å². The van der Waals surface area contributed by atoms with Crippen LogP contribution >= 0.6 is 11.6 Å². The predicted molar refractivity (Wildman–Crippen MR) is 69.9 cm³/mol. The molecule has 0 aliphatic carbocycles. The molecule has 0 heterocycles. The lowest BCUT2D eigenvalue weighted by Crippen LogP contribution is -2.37. The Kier molecular flexibility index (Phi) is 5.58. The van der Waals surface area contributed by atoms with E-state index in [1.54, 1.807) is 0 Å². The standard InChI is InChI=1S/C11H15ClN2O3S/c1-2-7-13-11(15)8-14-18(16,17)10-5-3-9(12)4-6-10/h3-6,14H,2,7-8H2,1H3,(H,13,15). The summed E-state index contributed by atoms with van der Waals surface area (Å²) in [5.74, 6) is -0.352. The highest BCUT2D eigenvalue weighted by Crippen LogP contribution is 2.13. The molecule has 0 saturated heterocycles. The number of amides is 1. The number of rotatable bonds is 6. The molecular weight excluding hydrogens is 276 g/mol. The van der Waals surface area contributed by atoms with Crippen LogP contribution in [-0.2, 0) is 14.8 Å². The van der Waals surface area contributed by atoms with Crippen molar-refractivity contribution in [1.29, 1.82) is 0 Å². The highest BCUT2D eigenvalue weighted by Gasteiger charge is 2.14. The Labute approximate surface area is 112 Å². The van der Waals surface area contributed by atoms with Crippen molar-refractivity contribution < 1.29 is 13.2 Å². The van der Waals surface area contributed by atoms with E-state index in [0.29, 0.717) is 11.6 Å². The summed E-state index contributed by atoms with van der Waals surface area (Å²) in [4.78, 5) is 11.4. The zero-order valence-corrected chi connectivity index (χ0v) is 11.5. The second-order valence-electron chi connectivity index (χ2n) is 3.63. The molecule has 0 aliphatic heterocycles. The van der Waals surface area contributed by atoms with Crippen molar-refractivity contribution in [3.63, 3.8) is 0 Å².